The molecule has 1 aliphatic carbocycles. The summed E-state index contributed by atoms with van der Waals surface area (Å²) in [5.74, 6) is -0.221. The fourth-order valence-corrected chi connectivity index (χ4v) is 2.75. The van der Waals surface area contributed by atoms with E-state index in [1.54, 1.807) is 12.1 Å². The highest BCUT2D eigenvalue weighted by Crippen LogP contribution is 2.36. The second-order valence-corrected chi connectivity index (χ2v) is 4.79. The van der Waals surface area contributed by atoms with Gasteiger partial charge in [-0.2, -0.15) is 0 Å². The summed E-state index contributed by atoms with van der Waals surface area (Å²) in [5.41, 5.74) is 4.11. The number of aliphatic hydroxyl groups excluding tert-OH is 1. The summed E-state index contributed by atoms with van der Waals surface area (Å²) in [7, 11) is 0. The number of benzene rings is 2. The van der Waals surface area contributed by atoms with Crippen molar-refractivity contribution >= 4 is 0 Å². The molecule has 2 aromatic rings. The van der Waals surface area contributed by atoms with E-state index in [4.69, 9.17) is 0 Å². The molecule has 1 nitrogen and oxygen atoms in total. The van der Waals surface area contributed by atoms with Crippen LogP contribution in [0.5, 0.6) is 0 Å². The van der Waals surface area contributed by atoms with Crippen LogP contribution < -0.4 is 0 Å². The SMILES string of the molecule is OC1CCCc2c(-c3cccc(F)c3)cccc21. The topological polar surface area (TPSA) is 20.2 Å². The summed E-state index contributed by atoms with van der Waals surface area (Å²) in [6.07, 6.45) is 2.39. The molecule has 18 heavy (non-hydrogen) atoms. The van der Waals surface area contributed by atoms with Crippen LogP contribution in [0.2, 0.25) is 0 Å². The number of rotatable bonds is 1. The minimum atomic E-state index is -0.373. The zero-order valence-corrected chi connectivity index (χ0v) is 10.1. The molecular formula is C16H15FO. The molecule has 0 bridgehead atoms. The Kier molecular flexibility index (Phi) is 2.88. The molecule has 0 amide bonds. The molecule has 0 spiro atoms. The van der Waals surface area contributed by atoms with Gasteiger partial charge in [-0.3, -0.25) is 0 Å². The molecule has 0 saturated heterocycles. The summed E-state index contributed by atoms with van der Waals surface area (Å²) in [4.78, 5) is 0. The summed E-state index contributed by atoms with van der Waals surface area (Å²) in [6.45, 7) is 0. The van der Waals surface area contributed by atoms with Crippen LogP contribution in [-0.2, 0) is 6.42 Å². The Bertz CT molecular complexity index is 577. The molecule has 1 unspecified atom stereocenters. The van der Waals surface area contributed by atoms with Gasteiger partial charge in [0.15, 0.2) is 0 Å². The van der Waals surface area contributed by atoms with Crippen molar-refractivity contribution < 1.29 is 9.50 Å². The van der Waals surface area contributed by atoms with Gasteiger partial charge in [-0.25, -0.2) is 4.39 Å². The molecule has 2 aromatic carbocycles. The monoisotopic (exact) mass is 242 g/mol. The van der Waals surface area contributed by atoms with Crippen molar-refractivity contribution in [1.82, 2.24) is 0 Å². The maximum atomic E-state index is 13.3. The van der Waals surface area contributed by atoms with Crippen molar-refractivity contribution in [1.29, 1.82) is 0 Å². The summed E-state index contributed by atoms with van der Waals surface area (Å²) >= 11 is 0. The van der Waals surface area contributed by atoms with E-state index in [1.165, 1.54) is 11.6 Å². The van der Waals surface area contributed by atoms with E-state index in [9.17, 15) is 9.50 Å². The Labute approximate surface area is 106 Å². The van der Waals surface area contributed by atoms with Gasteiger partial charge in [0, 0.05) is 0 Å². The first-order chi connectivity index (χ1) is 8.75. The average Bonchev–Trinajstić information content (AvgIpc) is 2.39. The molecule has 1 atom stereocenters. The van der Waals surface area contributed by atoms with Gasteiger partial charge in [0.05, 0.1) is 6.10 Å². The smallest absolute Gasteiger partial charge is 0.123 e. The van der Waals surface area contributed by atoms with Gasteiger partial charge in [0.1, 0.15) is 5.82 Å². The quantitative estimate of drug-likeness (QED) is 0.805. The Balaban J connectivity index is 2.16. The minimum absolute atomic E-state index is 0.221. The molecule has 1 aliphatic rings. The molecule has 3 rings (SSSR count). The number of hydrogen-bond acceptors (Lipinski definition) is 1. The lowest BCUT2D eigenvalue weighted by Gasteiger charge is -2.23. The maximum absolute atomic E-state index is 13.3. The van der Waals surface area contributed by atoms with Gasteiger partial charge >= 0.3 is 0 Å². The highest BCUT2D eigenvalue weighted by molar-refractivity contribution is 5.69. The normalized spacial score (nSPS) is 18.4. The summed E-state index contributed by atoms with van der Waals surface area (Å²) in [5, 5.41) is 10.0. The lowest BCUT2D eigenvalue weighted by molar-refractivity contribution is 0.156. The van der Waals surface area contributed by atoms with Crippen molar-refractivity contribution in [3.8, 4) is 11.1 Å². The van der Waals surface area contributed by atoms with Crippen LogP contribution in [-0.4, -0.2) is 5.11 Å². The zero-order valence-electron chi connectivity index (χ0n) is 10.1. The van der Waals surface area contributed by atoms with Crippen molar-refractivity contribution in [2.45, 2.75) is 25.4 Å². The van der Waals surface area contributed by atoms with E-state index in [1.807, 2.05) is 24.3 Å². The van der Waals surface area contributed by atoms with Gasteiger partial charge in [0.2, 0.25) is 0 Å². The third kappa shape index (κ3) is 1.93. The summed E-state index contributed by atoms with van der Waals surface area (Å²) < 4.78 is 13.3. The van der Waals surface area contributed by atoms with Gasteiger partial charge in [-0.15, -0.1) is 0 Å². The number of halogens is 1. The molecule has 0 saturated carbocycles. The first kappa shape index (κ1) is 11.4. The van der Waals surface area contributed by atoms with E-state index in [0.29, 0.717) is 0 Å². The molecule has 92 valence electrons. The lowest BCUT2D eigenvalue weighted by Crippen LogP contribution is -2.10. The second-order valence-electron chi connectivity index (χ2n) is 4.79. The third-order valence-electron chi connectivity index (χ3n) is 3.61. The zero-order chi connectivity index (χ0) is 12.5. The lowest BCUT2D eigenvalue weighted by atomic mass is 9.84. The predicted molar refractivity (Wildman–Crippen MR) is 69.7 cm³/mol. The van der Waals surface area contributed by atoms with E-state index in [2.05, 4.69) is 0 Å². The van der Waals surface area contributed by atoms with Crippen LogP contribution in [0, 0.1) is 5.82 Å². The highest BCUT2D eigenvalue weighted by atomic mass is 19.1. The second kappa shape index (κ2) is 4.54. The number of hydrogen-bond donors (Lipinski definition) is 1. The molecular weight excluding hydrogens is 227 g/mol. The van der Waals surface area contributed by atoms with Crippen molar-refractivity contribution in [3.05, 3.63) is 59.4 Å². The largest absolute Gasteiger partial charge is 0.388 e. The van der Waals surface area contributed by atoms with E-state index in [0.717, 1.165) is 36.0 Å². The van der Waals surface area contributed by atoms with Crippen LogP contribution in [0.25, 0.3) is 11.1 Å². The summed E-state index contributed by atoms with van der Waals surface area (Å²) in [6, 6.07) is 12.6. The van der Waals surface area contributed by atoms with E-state index >= 15 is 0 Å². The maximum Gasteiger partial charge on any atom is 0.123 e. The highest BCUT2D eigenvalue weighted by Gasteiger charge is 2.20. The molecule has 0 radical (unpaired) electrons. The van der Waals surface area contributed by atoms with E-state index < -0.39 is 0 Å². The molecule has 1 N–H and O–H groups in total. The van der Waals surface area contributed by atoms with Crippen LogP contribution in [0.4, 0.5) is 4.39 Å². The van der Waals surface area contributed by atoms with Crippen LogP contribution >= 0.6 is 0 Å². The van der Waals surface area contributed by atoms with Crippen LogP contribution in [0.3, 0.4) is 0 Å². The van der Waals surface area contributed by atoms with Gasteiger partial charge in [0.25, 0.3) is 0 Å². The van der Waals surface area contributed by atoms with Crippen LogP contribution in [0.15, 0.2) is 42.5 Å². The van der Waals surface area contributed by atoms with Gasteiger partial charge < -0.3 is 5.11 Å². The molecule has 2 heteroatoms. The third-order valence-corrected chi connectivity index (χ3v) is 3.61. The number of fused-ring (bicyclic) bond motifs is 1. The Morgan fingerprint density at radius 1 is 1.11 bits per heavy atom. The predicted octanol–water partition coefficient (Wildman–Crippen LogP) is 3.86. The van der Waals surface area contributed by atoms with Gasteiger partial charge in [-0.1, -0.05) is 30.3 Å². The average molecular weight is 242 g/mol. The fraction of sp³-hybridized carbons (Fsp3) is 0.250. The molecule has 0 aromatic heterocycles. The molecule has 0 heterocycles. The Hall–Kier alpha value is -1.67. The fourth-order valence-electron chi connectivity index (χ4n) is 2.75. The minimum Gasteiger partial charge on any atom is -0.388 e. The first-order valence-electron chi connectivity index (χ1n) is 6.31. The van der Waals surface area contributed by atoms with Crippen molar-refractivity contribution in [3.63, 3.8) is 0 Å². The van der Waals surface area contributed by atoms with Crippen molar-refractivity contribution in [2.75, 3.05) is 0 Å². The van der Waals surface area contributed by atoms with Crippen LogP contribution in [0.1, 0.15) is 30.1 Å². The Morgan fingerprint density at radius 3 is 2.78 bits per heavy atom. The Morgan fingerprint density at radius 2 is 1.94 bits per heavy atom. The standard InChI is InChI=1S/C16H15FO/c17-12-5-1-4-11(10-12)13-6-2-8-15-14(13)7-3-9-16(15)18/h1-2,4-6,8,10,16,18H,3,7,9H2. The van der Waals surface area contributed by atoms with E-state index in [-0.39, 0.29) is 11.9 Å². The molecule has 0 fully saturated rings. The first-order valence-corrected chi connectivity index (χ1v) is 6.31. The van der Waals surface area contributed by atoms with Gasteiger partial charge in [-0.05, 0) is 53.6 Å². The number of aliphatic hydroxyl groups is 1. The molecule has 0 aliphatic heterocycles. The van der Waals surface area contributed by atoms with Crippen molar-refractivity contribution in [2.24, 2.45) is 0 Å².